The second-order valence-electron chi connectivity index (χ2n) is 10.3. The van der Waals surface area contributed by atoms with E-state index >= 15 is 4.39 Å². The van der Waals surface area contributed by atoms with Crippen LogP contribution in [0.5, 0.6) is 11.5 Å². The Morgan fingerprint density at radius 3 is 2.73 bits per heavy atom. The molecule has 2 aliphatic rings. The Morgan fingerprint density at radius 2 is 1.97 bits per heavy atom. The molecule has 1 amide bonds. The normalized spacial score (nSPS) is 15.1. The molecule has 0 N–H and O–H groups in total. The number of carbonyl (C=O) groups excluding carboxylic acids is 1. The van der Waals surface area contributed by atoms with Crippen molar-refractivity contribution in [1.82, 2.24) is 19.7 Å². The zero-order valence-corrected chi connectivity index (χ0v) is 21.2. The van der Waals surface area contributed by atoms with Gasteiger partial charge in [-0.05, 0) is 66.3 Å². The summed E-state index contributed by atoms with van der Waals surface area (Å²) in [6.07, 6.45) is 5.96. The molecule has 0 unspecified atom stereocenters. The van der Waals surface area contributed by atoms with Crippen molar-refractivity contribution in [2.24, 2.45) is 13.0 Å². The van der Waals surface area contributed by atoms with E-state index in [9.17, 15) is 4.79 Å². The fourth-order valence-electron chi connectivity index (χ4n) is 4.71. The van der Waals surface area contributed by atoms with Crippen molar-refractivity contribution in [2.75, 3.05) is 6.61 Å². The Morgan fingerprint density at radius 1 is 1.14 bits per heavy atom. The molecule has 0 bridgehead atoms. The Balaban J connectivity index is 1.39. The summed E-state index contributed by atoms with van der Waals surface area (Å²) in [4.78, 5) is 18.9. The van der Waals surface area contributed by atoms with Crippen molar-refractivity contribution in [2.45, 2.75) is 45.9 Å². The topological polar surface area (TPSA) is 69.5 Å². The van der Waals surface area contributed by atoms with Crippen molar-refractivity contribution in [3.8, 4) is 22.6 Å². The highest BCUT2D eigenvalue weighted by molar-refractivity contribution is 5.99. The van der Waals surface area contributed by atoms with Gasteiger partial charge in [0, 0.05) is 30.4 Å². The lowest BCUT2D eigenvalue weighted by atomic mass is 9.99. The van der Waals surface area contributed by atoms with E-state index in [-0.39, 0.29) is 24.5 Å². The Labute approximate surface area is 214 Å². The van der Waals surface area contributed by atoms with Gasteiger partial charge in [0.25, 0.3) is 5.91 Å². The molecule has 0 saturated heterocycles. The van der Waals surface area contributed by atoms with Crippen LogP contribution in [-0.2, 0) is 20.1 Å². The maximum Gasteiger partial charge on any atom is 0.256 e. The molecule has 0 radical (unpaired) electrons. The number of hydrogen-bond acceptors (Lipinski definition) is 5. The number of rotatable bonds is 8. The summed E-state index contributed by atoms with van der Waals surface area (Å²) in [5.41, 5.74) is 3.93. The second kappa shape index (κ2) is 9.18. The Bertz CT molecular complexity index is 1510. The Kier molecular flexibility index (Phi) is 5.82. The number of aromatic nitrogens is 3. The summed E-state index contributed by atoms with van der Waals surface area (Å²) in [7, 11) is 1.87. The van der Waals surface area contributed by atoms with Gasteiger partial charge in [0.2, 0.25) is 0 Å². The van der Waals surface area contributed by atoms with E-state index in [4.69, 9.17) is 9.47 Å². The van der Waals surface area contributed by atoms with E-state index in [0.29, 0.717) is 41.3 Å². The van der Waals surface area contributed by atoms with Crippen molar-refractivity contribution >= 4 is 16.8 Å². The second-order valence-corrected chi connectivity index (χ2v) is 10.3. The molecule has 37 heavy (non-hydrogen) atoms. The zero-order valence-electron chi connectivity index (χ0n) is 21.2. The largest absolute Gasteiger partial charge is 0.493 e. The summed E-state index contributed by atoms with van der Waals surface area (Å²) in [6, 6.07) is 10.8. The highest BCUT2D eigenvalue weighted by Gasteiger charge is 2.30. The molecular formula is C29H29FN4O3. The van der Waals surface area contributed by atoms with E-state index in [1.807, 2.05) is 45.3 Å². The lowest BCUT2D eigenvalue weighted by Gasteiger charge is -2.21. The molecule has 2 aromatic heterocycles. The lowest BCUT2D eigenvalue weighted by Crippen LogP contribution is -2.24. The van der Waals surface area contributed by atoms with Crippen LogP contribution in [0.25, 0.3) is 22.0 Å². The maximum absolute atomic E-state index is 15.8. The summed E-state index contributed by atoms with van der Waals surface area (Å²) in [6.45, 7) is 4.97. The SMILES string of the molecule is CC(C)COc1cc(-c2ccc(OC3CC3)c3nn(C)cc23)cc(F)c1CN1Cc2ncccc2C1=O. The predicted molar refractivity (Wildman–Crippen MR) is 138 cm³/mol. The molecule has 2 aromatic carbocycles. The van der Waals surface area contributed by atoms with E-state index in [1.54, 1.807) is 27.9 Å². The van der Waals surface area contributed by atoms with Crippen LogP contribution in [0.3, 0.4) is 0 Å². The van der Waals surface area contributed by atoms with E-state index in [1.165, 1.54) is 6.07 Å². The van der Waals surface area contributed by atoms with Gasteiger partial charge in [-0.2, -0.15) is 5.10 Å². The fraction of sp³-hybridized carbons (Fsp3) is 0.345. The minimum absolute atomic E-state index is 0.102. The fourth-order valence-corrected chi connectivity index (χ4v) is 4.71. The number of ether oxygens (including phenoxy) is 2. The van der Waals surface area contributed by atoms with Gasteiger partial charge in [-0.25, -0.2) is 4.39 Å². The molecule has 3 heterocycles. The molecule has 8 heteroatoms. The van der Waals surface area contributed by atoms with Gasteiger partial charge >= 0.3 is 0 Å². The van der Waals surface area contributed by atoms with Crippen molar-refractivity contribution in [1.29, 1.82) is 0 Å². The molecule has 190 valence electrons. The first-order valence-electron chi connectivity index (χ1n) is 12.7. The molecule has 0 spiro atoms. The smallest absolute Gasteiger partial charge is 0.256 e. The first kappa shape index (κ1) is 23.5. The number of pyridine rings is 1. The van der Waals surface area contributed by atoms with Gasteiger partial charge in [-0.15, -0.1) is 0 Å². The van der Waals surface area contributed by atoms with Gasteiger partial charge < -0.3 is 14.4 Å². The molecule has 1 aliphatic heterocycles. The van der Waals surface area contributed by atoms with Gasteiger partial charge in [0.05, 0.1) is 37.1 Å². The highest BCUT2D eigenvalue weighted by atomic mass is 19.1. The lowest BCUT2D eigenvalue weighted by molar-refractivity contribution is 0.0763. The first-order chi connectivity index (χ1) is 17.9. The van der Waals surface area contributed by atoms with Gasteiger partial charge in [0.1, 0.15) is 22.8 Å². The molecule has 7 nitrogen and oxygen atoms in total. The number of amides is 1. The van der Waals surface area contributed by atoms with Crippen molar-refractivity contribution in [3.63, 3.8) is 0 Å². The first-order valence-corrected chi connectivity index (χ1v) is 12.7. The Hall–Kier alpha value is -3.94. The molecule has 0 atom stereocenters. The van der Waals surface area contributed by atoms with Crippen molar-refractivity contribution < 1.29 is 18.7 Å². The average Bonchev–Trinajstić information content (AvgIpc) is 3.51. The summed E-state index contributed by atoms with van der Waals surface area (Å²) in [5, 5.41) is 5.50. The molecule has 4 aromatic rings. The van der Waals surface area contributed by atoms with Crippen LogP contribution in [0.15, 0.2) is 48.8 Å². The zero-order chi connectivity index (χ0) is 25.7. The third-order valence-corrected chi connectivity index (χ3v) is 6.71. The number of nitrogens with zero attached hydrogens (tertiary/aromatic N) is 4. The quantitative estimate of drug-likeness (QED) is 0.319. The van der Waals surface area contributed by atoms with Crippen LogP contribution in [0.1, 0.15) is 48.3 Å². The average molecular weight is 501 g/mol. The predicted octanol–water partition coefficient (Wildman–Crippen LogP) is 5.51. The monoisotopic (exact) mass is 500 g/mol. The molecule has 1 saturated carbocycles. The van der Waals surface area contributed by atoms with Crippen LogP contribution >= 0.6 is 0 Å². The van der Waals surface area contributed by atoms with Crippen LogP contribution in [0.4, 0.5) is 4.39 Å². The van der Waals surface area contributed by atoms with Crippen LogP contribution < -0.4 is 9.47 Å². The minimum Gasteiger partial charge on any atom is -0.493 e. The number of carbonyl (C=O) groups is 1. The number of halogens is 1. The van der Waals surface area contributed by atoms with Crippen molar-refractivity contribution in [3.05, 3.63) is 71.4 Å². The minimum atomic E-state index is -0.414. The summed E-state index contributed by atoms with van der Waals surface area (Å²) >= 11 is 0. The summed E-state index contributed by atoms with van der Waals surface area (Å²) < 4.78 is 29.8. The molecule has 1 fully saturated rings. The molecular weight excluding hydrogens is 471 g/mol. The van der Waals surface area contributed by atoms with E-state index < -0.39 is 5.82 Å². The number of aryl methyl sites for hydroxylation is 1. The van der Waals surface area contributed by atoms with Crippen LogP contribution in [0, 0.1) is 11.7 Å². The molecule has 1 aliphatic carbocycles. The number of fused-ring (bicyclic) bond motifs is 2. The van der Waals surface area contributed by atoms with E-state index in [2.05, 4.69) is 10.1 Å². The standard InChI is InChI=1S/C29H29FN4O3/c1-17(2)16-36-27-12-18(20-8-9-26(37-19-6-7-19)28-22(20)13-33(3)32-28)11-24(30)23(27)14-34-15-25-21(29(34)35)5-4-10-31-25/h4-5,8-13,17,19H,6-7,14-16H2,1-3H3. The van der Waals surface area contributed by atoms with Gasteiger partial charge in [-0.3, -0.25) is 14.5 Å². The van der Waals surface area contributed by atoms with E-state index in [0.717, 1.165) is 35.1 Å². The van der Waals surface area contributed by atoms with Crippen LogP contribution in [-0.4, -0.2) is 38.3 Å². The third-order valence-electron chi connectivity index (χ3n) is 6.71. The summed E-state index contributed by atoms with van der Waals surface area (Å²) in [5.74, 6) is 0.880. The number of benzene rings is 2. The van der Waals surface area contributed by atoms with Gasteiger partial charge in [0.15, 0.2) is 0 Å². The van der Waals surface area contributed by atoms with Crippen LogP contribution in [0.2, 0.25) is 0 Å². The highest BCUT2D eigenvalue weighted by Crippen LogP contribution is 2.39. The molecule has 6 rings (SSSR count). The van der Waals surface area contributed by atoms with Gasteiger partial charge in [-0.1, -0.05) is 13.8 Å². The number of hydrogen-bond donors (Lipinski definition) is 0. The third kappa shape index (κ3) is 4.52. The maximum atomic E-state index is 15.8.